The lowest BCUT2D eigenvalue weighted by atomic mass is 9.63. The Morgan fingerprint density at radius 2 is 2.00 bits per heavy atom. The first-order valence-electron chi connectivity index (χ1n) is 17.3. The monoisotopic (exact) mass is 703 g/mol. The minimum absolute atomic E-state index is 0.0884. The van der Waals surface area contributed by atoms with Gasteiger partial charge in [-0.1, -0.05) is 42.8 Å². The van der Waals surface area contributed by atoms with E-state index in [1.165, 1.54) is 11.1 Å². The molecule has 7 rings (SSSR count). The number of nitrogens with one attached hydrogen (secondary N) is 1. The van der Waals surface area contributed by atoms with Crippen LogP contribution in [0.4, 0.5) is 5.69 Å². The lowest BCUT2D eigenvalue weighted by Crippen LogP contribution is -2.51. The molecule has 1 fully saturated rings. The van der Waals surface area contributed by atoms with Crippen molar-refractivity contribution in [1.82, 2.24) is 9.71 Å². The highest BCUT2D eigenvalue weighted by Gasteiger charge is 2.49. The molecule has 7 atom stereocenters. The summed E-state index contributed by atoms with van der Waals surface area (Å²) in [5.41, 5.74) is 2.63. The number of aliphatic hydroxyl groups is 1. The van der Waals surface area contributed by atoms with Crippen LogP contribution in [0, 0.1) is 17.8 Å². The molecular formula is C39H46ClN3O5S. The summed E-state index contributed by atoms with van der Waals surface area (Å²) in [5, 5.41) is 13.0. The summed E-state index contributed by atoms with van der Waals surface area (Å²) in [4.78, 5) is 20.8. The fourth-order valence-corrected chi connectivity index (χ4v) is 10.1. The van der Waals surface area contributed by atoms with Gasteiger partial charge in [0.15, 0.2) is 0 Å². The Kier molecular flexibility index (Phi) is 8.99. The van der Waals surface area contributed by atoms with E-state index in [9.17, 15) is 14.1 Å². The maximum atomic E-state index is 13.9. The molecule has 2 aliphatic carbocycles. The Bertz CT molecular complexity index is 1900. The van der Waals surface area contributed by atoms with Crippen LogP contribution in [0.3, 0.4) is 0 Å². The number of fused-ring (bicyclic) bond motifs is 4. The van der Waals surface area contributed by atoms with E-state index in [-0.39, 0.29) is 23.2 Å². The number of pyridine rings is 1. The molecule has 3 aromatic rings. The van der Waals surface area contributed by atoms with Crippen molar-refractivity contribution in [2.45, 2.75) is 68.6 Å². The molecule has 0 saturated heterocycles. The third-order valence-corrected chi connectivity index (χ3v) is 14.1. The summed E-state index contributed by atoms with van der Waals surface area (Å²) < 4.78 is 28.8. The molecule has 1 unspecified atom stereocenters. The van der Waals surface area contributed by atoms with Crippen molar-refractivity contribution in [2.24, 2.45) is 17.8 Å². The van der Waals surface area contributed by atoms with Crippen LogP contribution in [0.1, 0.15) is 73.1 Å². The highest BCUT2D eigenvalue weighted by Crippen LogP contribution is 2.50. The Balaban J connectivity index is 1.35. The molecule has 2 aliphatic heterocycles. The van der Waals surface area contributed by atoms with Crippen LogP contribution >= 0.6 is 11.6 Å². The molecule has 1 amide bonds. The van der Waals surface area contributed by atoms with Gasteiger partial charge in [-0.25, -0.2) is 9.19 Å². The molecule has 49 heavy (non-hydrogen) atoms. The molecule has 1 aromatic heterocycles. The van der Waals surface area contributed by atoms with E-state index in [2.05, 4.69) is 27.6 Å². The number of benzene rings is 2. The van der Waals surface area contributed by atoms with E-state index in [0.717, 1.165) is 42.8 Å². The van der Waals surface area contributed by atoms with E-state index in [1.807, 2.05) is 56.3 Å². The number of hydrogen-bond donors (Lipinski definition) is 2. The molecule has 10 heteroatoms. The van der Waals surface area contributed by atoms with Crippen LogP contribution in [-0.2, 0) is 27.1 Å². The van der Waals surface area contributed by atoms with Crippen molar-refractivity contribution in [3.63, 3.8) is 0 Å². The molecule has 4 aliphatic rings. The zero-order valence-corrected chi connectivity index (χ0v) is 30.1. The number of hydrogen-bond acceptors (Lipinski definition) is 7. The lowest BCUT2D eigenvalue weighted by Gasteiger charge is -2.49. The summed E-state index contributed by atoms with van der Waals surface area (Å²) in [6.45, 7) is 5.67. The highest BCUT2D eigenvalue weighted by molar-refractivity contribution is 7.99. The van der Waals surface area contributed by atoms with E-state index in [4.69, 9.17) is 26.1 Å². The zero-order valence-electron chi connectivity index (χ0n) is 28.5. The van der Waals surface area contributed by atoms with Gasteiger partial charge in [0.2, 0.25) is 5.88 Å². The van der Waals surface area contributed by atoms with Gasteiger partial charge in [0.1, 0.15) is 11.4 Å². The number of aromatic nitrogens is 1. The number of carbonyl (C=O) groups excluding carboxylic acids is 1. The van der Waals surface area contributed by atoms with Crippen molar-refractivity contribution in [3.05, 3.63) is 94.2 Å². The fourth-order valence-electron chi connectivity index (χ4n) is 8.39. The maximum absolute atomic E-state index is 13.9. The number of ether oxygens (including phenoxy) is 2. The average Bonchev–Trinajstić information content (AvgIpc) is 3.22. The van der Waals surface area contributed by atoms with E-state index >= 15 is 0 Å². The van der Waals surface area contributed by atoms with Crippen LogP contribution in [0.25, 0.3) is 0 Å². The van der Waals surface area contributed by atoms with Crippen LogP contribution in [0.5, 0.6) is 11.6 Å². The summed E-state index contributed by atoms with van der Waals surface area (Å²) in [5.74, 6) is 4.65. The highest BCUT2D eigenvalue weighted by atomic mass is 35.5. The van der Waals surface area contributed by atoms with Gasteiger partial charge in [0.05, 0.1) is 34.8 Å². The number of allylic oxidation sites excluding steroid dienone is 1. The molecule has 2 bridgehead atoms. The lowest BCUT2D eigenvalue weighted by molar-refractivity contribution is -0.0532. The van der Waals surface area contributed by atoms with E-state index in [1.54, 1.807) is 19.2 Å². The standard InChI is InChI=1S/C39H46ClN3O5S/c1-25-8-6-19-39(45,35-10-5-11-36(41-35)47-3)32-15-12-29(32)22-43-23-38(18-7-9-27-20-30(40)14-16-31(27)38)24-48-34-17-13-28(21-33(34)43)37(44)42-49(4,46)26(25)2/h5-6,10-11,13-14,16-17,19-21,25-26,29,32,45H,4,7-9,12,15,18,22-24H2,1-3H3,(H,42,44,46)/b19-6+/t25-,26+,29-,32+,38-,39+,49?/m0/s1. The van der Waals surface area contributed by atoms with Gasteiger partial charge in [-0.3, -0.25) is 9.52 Å². The number of carbonyl (C=O) groups is 1. The van der Waals surface area contributed by atoms with Crippen molar-refractivity contribution >= 4 is 38.8 Å². The summed E-state index contributed by atoms with van der Waals surface area (Å²) in [7, 11) is -1.44. The largest absolute Gasteiger partial charge is 0.490 e. The minimum Gasteiger partial charge on any atom is -0.490 e. The first kappa shape index (κ1) is 33.9. The predicted molar refractivity (Wildman–Crippen MR) is 196 cm³/mol. The second-order valence-corrected chi connectivity index (χ2v) is 17.4. The van der Waals surface area contributed by atoms with Gasteiger partial charge in [-0.15, -0.1) is 0 Å². The number of amides is 1. The van der Waals surface area contributed by atoms with Crippen molar-refractivity contribution in [2.75, 3.05) is 31.7 Å². The van der Waals surface area contributed by atoms with Gasteiger partial charge in [-0.05, 0) is 111 Å². The zero-order chi connectivity index (χ0) is 34.6. The number of aryl methyl sites for hydroxylation is 1. The number of halogens is 1. The average molecular weight is 704 g/mol. The number of methoxy groups -OCH3 is 1. The molecule has 260 valence electrons. The van der Waals surface area contributed by atoms with E-state index < -0.39 is 26.5 Å². The Morgan fingerprint density at radius 1 is 1.16 bits per heavy atom. The summed E-state index contributed by atoms with van der Waals surface area (Å²) in [6.07, 6.45) is 9.10. The van der Waals surface area contributed by atoms with Gasteiger partial charge in [-0.2, -0.15) is 0 Å². The summed E-state index contributed by atoms with van der Waals surface area (Å²) >= 11 is 6.46. The molecule has 2 N–H and O–H groups in total. The van der Waals surface area contributed by atoms with Crippen molar-refractivity contribution in [1.29, 1.82) is 0 Å². The SMILES string of the molecule is C=S1(=O)NC(=O)c2ccc3c(c2)N(C[C@@H]2CC[C@H]2[C@@](O)(c2cccc(OC)n2)/C=C/C[C@H](C)[C@H]1C)C[C@@]1(CCCc2cc(Cl)ccc21)CO3. The Hall–Kier alpha value is -3.53. The molecule has 2 aromatic carbocycles. The predicted octanol–water partition coefficient (Wildman–Crippen LogP) is 6.48. The molecule has 0 radical (unpaired) electrons. The van der Waals surface area contributed by atoms with Crippen LogP contribution < -0.4 is 19.1 Å². The van der Waals surface area contributed by atoms with Crippen LogP contribution in [-0.4, -0.2) is 58.1 Å². The Labute approximate surface area is 295 Å². The third-order valence-electron chi connectivity index (χ3n) is 11.6. The molecule has 3 heterocycles. The smallest absolute Gasteiger partial charge is 0.262 e. The first-order chi connectivity index (χ1) is 23.4. The minimum atomic E-state index is -3.02. The Morgan fingerprint density at radius 3 is 2.78 bits per heavy atom. The number of rotatable bonds is 2. The second-order valence-electron chi connectivity index (χ2n) is 14.6. The topological polar surface area (TPSA) is 101 Å². The van der Waals surface area contributed by atoms with Crippen molar-refractivity contribution < 1.29 is 23.6 Å². The normalized spacial score (nSPS) is 33.6. The molecule has 8 nitrogen and oxygen atoms in total. The van der Waals surface area contributed by atoms with Crippen molar-refractivity contribution in [3.8, 4) is 11.6 Å². The van der Waals surface area contributed by atoms with Crippen LogP contribution in [0.15, 0.2) is 66.7 Å². The summed E-state index contributed by atoms with van der Waals surface area (Å²) in [6, 6.07) is 17.2. The van der Waals surface area contributed by atoms with Gasteiger partial charge < -0.3 is 19.5 Å². The number of nitrogens with zero attached hydrogens (tertiary/aromatic N) is 2. The van der Waals surface area contributed by atoms with Gasteiger partial charge in [0.25, 0.3) is 5.91 Å². The van der Waals surface area contributed by atoms with Crippen LogP contribution in [0.2, 0.25) is 5.02 Å². The van der Waals surface area contributed by atoms with E-state index in [0.29, 0.717) is 49.0 Å². The molecule has 1 saturated carbocycles. The number of anilines is 1. The first-order valence-corrected chi connectivity index (χ1v) is 19.5. The van der Waals surface area contributed by atoms with Gasteiger partial charge >= 0.3 is 0 Å². The molecular weight excluding hydrogens is 658 g/mol. The molecule has 1 spiro atoms. The maximum Gasteiger partial charge on any atom is 0.262 e. The quantitative estimate of drug-likeness (QED) is 0.233. The fraction of sp³-hybridized carbons (Fsp3) is 0.462. The second kappa shape index (κ2) is 13.0. The van der Waals surface area contributed by atoms with Gasteiger partial charge in [0, 0.05) is 46.3 Å². The third kappa shape index (κ3) is 6.23.